The first-order valence-corrected chi connectivity index (χ1v) is 18.8. The molecule has 0 heterocycles. The van der Waals surface area contributed by atoms with Crippen LogP contribution in [0, 0.1) is 0 Å². The molecule has 1 unspecified atom stereocenters. The highest BCUT2D eigenvalue weighted by molar-refractivity contribution is 5.70. The van der Waals surface area contributed by atoms with E-state index in [1.54, 1.807) is 0 Å². The minimum absolute atomic E-state index is 0.0553. The summed E-state index contributed by atoms with van der Waals surface area (Å²) in [6.45, 7) is 7.40. The van der Waals surface area contributed by atoms with Crippen LogP contribution < -0.4 is 0 Å². The molecule has 5 heteroatoms. The van der Waals surface area contributed by atoms with Gasteiger partial charge in [-0.05, 0) is 51.4 Å². The summed E-state index contributed by atoms with van der Waals surface area (Å²) in [5, 5.41) is 0. The van der Waals surface area contributed by atoms with E-state index in [1.807, 2.05) is 0 Å². The molecule has 0 bridgehead atoms. The third-order valence-corrected chi connectivity index (χ3v) is 7.59. The molecule has 0 aromatic rings. The highest BCUT2D eigenvalue weighted by Gasteiger charge is 2.17. The van der Waals surface area contributed by atoms with Gasteiger partial charge in [0.15, 0.2) is 6.10 Å². The van der Waals surface area contributed by atoms with Crippen molar-refractivity contribution >= 4 is 11.9 Å². The molecule has 1 atom stereocenters. The first-order chi connectivity index (χ1) is 22.6. The Balaban J connectivity index is 4.31. The fourth-order valence-corrected chi connectivity index (χ4v) is 4.81. The van der Waals surface area contributed by atoms with E-state index in [4.69, 9.17) is 14.2 Å². The molecule has 0 amide bonds. The largest absolute Gasteiger partial charge is 0.462 e. The van der Waals surface area contributed by atoms with Crippen molar-refractivity contribution in [2.45, 2.75) is 168 Å². The molecular formula is C41H70O5. The molecule has 264 valence electrons. The zero-order valence-corrected chi connectivity index (χ0v) is 30.1. The monoisotopic (exact) mass is 643 g/mol. The molecular weight excluding hydrogens is 572 g/mol. The molecule has 0 rings (SSSR count). The second-order valence-corrected chi connectivity index (χ2v) is 12.1. The van der Waals surface area contributed by atoms with Gasteiger partial charge < -0.3 is 14.2 Å². The Hall–Kier alpha value is -2.40. The van der Waals surface area contributed by atoms with Crippen LogP contribution in [0.25, 0.3) is 0 Å². The van der Waals surface area contributed by atoms with Crippen molar-refractivity contribution in [3.63, 3.8) is 0 Å². The fourth-order valence-electron chi connectivity index (χ4n) is 4.81. The SMILES string of the molecule is CC/C=C\C/C=C\C/C=C\C/C=C\C/C=C\CCOCC(COC(=O)CCCCCCCCC)OC(=O)CCCCCCCCC. The van der Waals surface area contributed by atoms with Gasteiger partial charge in [0.2, 0.25) is 0 Å². The third kappa shape index (κ3) is 34.5. The van der Waals surface area contributed by atoms with Gasteiger partial charge in [0, 0.05) is 12.8 Å². The molecule has 0 aliphatic carbocycles. The second-order valence-electron chi connectivity index (χ2n) is 12.1. The smallest absolute Gasteiger partial charge is 0.306 e. The fraction of sp³-hybridized carbons (Fsp3) is 0.707. The second kappa shape index (κ2) is 37.1. The molecule has 0 aliphatic heterocycles. The van der Waals surface area contributed by atoms with Crippen molar-refractivity contribution in [3.05, 3.63) is 60.8 Å². The number of ether oxygens (including phenoxy) is 3. The van der Waals surface area contributed by atoms with Gasteiger partial charge in [-0.1, -0.05) is 159 Å². The summed E-state index contributed by atoms with van der Waals surface area (Å²) < 4.78 is 17.0. The van der Waals surface area contributed by atoms with Crippen molar-refractivity contribution in [3.8, 4) is 0 Å². The molecule has 0 spiro atoms. The molecule has 5 nitrogen and oxygen atoms in total. The van der Waals surface area contributed by atoms with Gasteiger partial charge in [0.1, 0.15) is 6.61 Å². The van der Waals surface area contributed by atoms with Crippen molar-refractivity contribution in [2.75, 3.05) is 19.8 Å². The van der Waals surface area contributed by atoms with Crippen LogP contribution in [0.1, 0.15) is 162 Å². The standard InChI is InChI=1S/C41H70O5/c1-4-7-10-13-16-17-18-19-20-21-22-23-24-27-30-33-36-44-37-39(46-41(43)35-32-29-26-15-12-9-6-3)38-45-40(42)34-31-28-25-14-11-8-5-2/h7,10,16-17,19-20,22-23,27,30,39H,4-6,8-9,11-15,18,21,24-26,28-29,31-38H2,1-3H3/b10-7-,17-16-,20-19-,23-22-,30-27-. The number of esters is 2. The van der Waals surface area contributed by atoms with E-state index < -0.39 is 6.10 Å². The summed E-state index contributed by atoms with van der Waals surface area (Å²) in [7, 11) is 0. The van der Waals surface area contributed by atoms with Gasteiger partial charge in [0.25, 0.3) is 0 Å². The molecule has 0 aromatic carbocycles. The Kier molecular flexibility index (Phi) is 35.1. The molecule has 0 radical (unpaired) electrons. The Morgan fingerprint density at radius 2 is 0.935 bits per heavy atom. The topological polar surface area (TPSA) is 61.8 Å². The van der Waals surface area contributed by atoms with Crippen LogP contribution in [-0.4, -0.2) is 37.9 Å². The Morgan fingerprint density at radius 3 is 1.43 bits per heavy atom. The average Bonchev–Trinajstić information content (AvgIpc) is 3.05. The predicted molar refractivity (Wildman–Crippen MR) is 196 cm³/mol. The number of unbranched alkanes of at least 4 members (excludes halogenated alkanes) is 12. The van der Waals surface area contributed by atoms with E-state index in [0.29, 0.717) is 19.4 Å². The van der Waals surface area contributed by atoms with E-state index in [9.17, 15) is 9.59 Å². The molecule has 0 aromatic heterocycles. The number of rotatable bonds is 33. The molecule has 0 fully saturated rings. The maximum absolute atomic E-state index is 12.5. The van der Waals surface area contributed by atoms with Gasteiger partial charge in [-0.15, -0.1) is 0 Å². The Labute approximate surface area is 284 Å². The summed E-state index contributed by atoms with van der Waals surface area (Å²) in [5.41, 5.74) is 0. The zero-order valence-electron chi connectivity index (χ0n) is 30.1. The van der Waals surface area contributed by atoms with E-state index in [-0.39, 0.29) is 25.2 Å². The normalized spacial score (nSPS) is 12.8. The number of hydrogen-bond donors (Lipinski definition) is 0. The van der Waals surface area contributed by atoms with E-state index in [2.05, 4.69) is 81.5 Å². The summed E-state index contributed by atoms with van der Waals surface area (Å²) in [4.78, 5) is 24.8. The Morgan fingerprint density at radius 1 is 0.500 bits per heavy atom. The van der Waals surface area contributed by atoms with Crippen molar-refractivity contribution < 1.29 is 23.8 Å². The van der Waals surface area contributed by atoms with Crippen LogP contribution in [0.4, 0.5) is 0 Å². The minimum atomic E-state index is -0.566. The van der Waals surface area contributed by atoms with Gasteiger partial charge in [-0.2, -0.15) is 0 Å². The first kappa shape index (κ1) is 43.6. The zero-order chi connectivity index (χ0) is 33.6. The van der Waals surface area contributed by atoms with Gasteiger partial charge in [-0.25, -0.2) is 0 Å². The highest BCUT2D eigenvalue weighted by atomic mass is 16.6. The van der Waals surface area contributed by atoms with E-state index in [0.717, 1.165) is 77.0 Å². The highest BCUT2D eigenvalue weighted by Crippen LogP contribution is 2.11. The lowest BCUT2D eigenvalue weighted by atomic mass is 10.1. The first-order valence-electron chi connectivity index (χ1n) is 18.8. The van der Waals surface area contributed by atoms with Gasteiger partial charge in [-0.3, -0.25) is 9.59 Å². The minimum Gasteiger partial charge on any atom is -0.462 e. The van der Waals surface area contributed by atoms with E-state index >= 15 is 0 Å². The molecule has 0 aliphatic rings. The van der Waals surface area contributed by atoms with Crippen LogP contribution in [-0.2, 0) is 23.8 Å². The number of carbonyl (C=O) groups excluding carboxylic acids is 2. The number of allylic oxidation sites excluding steroid dienone is 9. The quantitative estimate of drug-likeness (QED) is 0.0405. The van der Waals surface area contributed by atoms with Gasteiger partial charge >= 0.3 is 11.9 Å². The maximum atomic E-state index is 12.5. The summed E-state index contributed by atoms with van der Waals surface area (Å²) in [5.74, 6) is -0.455. The van der Waals surface area contributed by atoms with Crippen LogP contribution in [0.5, 0.6) is 0 Å². The molecule has 0 saturated heterocycles. The molecule has 46 heavy (non-hydrogen) atoms. The summed E-state index contributed by atoms with van der Waals surface area (Å²) >= 11 is 0. The molecule has 0 saturated carbocycles. The van der Waals surface area contributed by atoms with Crippen LogP contribution in [0.2, 0.25) is 0 Å². The Bertz CT molecular complexity index is 823. The van der Waals surface area contributed by atoms with E-state index in [1.165, 1.54) is 51.4 Å². The lowest BCUT2D eigenvalue weighted by Gasteiger charge is -2.18. The number of hydrogen-bond acceptors (Lipinski definition) is 5. The lowest BCUT2D eigenvalue weighted by molar-refractivity contribution is -0.162. The average molecular weight is 643 g/mol. The van der Waals surface area contributed by atoms with Crippen molar-refractivity contribution in [1.82, 2.24) is 0 Å². The summed E-state index contributed by atoms with van der Waals surface area (Å²) in [6, 6.07) is 0. The van der Waals surface area contributed by atoms with Crippen LogP contribution in [0.3, 0.4) is 0 Å². The van der Waals surface area contributed by atoms with Crippen molar-refractivity contribution in [1.29, 1.82) is 0 Å². The van der Waals surface area contributed by atoms with Crippen molar-refractivity contribution in [2.24, 2.45) is 0 Å². The van der Waals surface area contributed by atoms with Crippen LogP contribution >= 0.6 is 0 Å². The lowest BCUT2D eigenvalue weighted by Crippen LogP contribution is -2.30. The maximum Gasteiger partial charge on any atom is 0.306 e. The third-order valence-electron chi connectivity index (χ3n) is 7.59. The predicted octanol–water partition coefficient (Wildman–Crippen LogP) is 11.9. The number of carbonyl (C=O) groups is 2. The summed E-state index contributed by atoms with van der Waals surface area (Å²) in [6.07, 6.45) is 43.9. The molecule has 0 N–H and O–H groups in total. The van der Waals surface area contributed by atoms with Gasteiger partial charge in [0.05, 0.1) is 13.2 Å². The van der Waals surface area contributed by atoms with Crippen LogP contribution in [0.15, 0.2) is 60.8 Å².